The number of sulfonamides is 1. The summed E-state index contributed by atoms with van der Waals surface area (Å²) >= 11 is 0. The van der Waals surface area contributed by atoms with Gasteiger partial charge in [-0.3, -0.25) is 4.79 Å². The van der Waals surface area contributed by atoms with Gasteiger partial charge in [0.2, 0.25) is 10.0 Å². The number of hydrogen-bond acceptors (Lipinski definition) is 3. The van der Waals surface area contributed by atoms with E-state index in [9.17, 15) is 13.2 Å². The number of fused-ring (bicyclic) bond motifs is 1. The lowest BCUT2D eigenvalue weighted by atomic mass is 9.66. The first-order valence-corrected chi connectivity index (χ1v) is 11.5. The van der Waals surface area contributed by atoms with Crippen LogP contribution in [-0.2, 0) is 21.2 Å². The van der Waals surface area contributed by atoms with E-state index in [1.165, 1.54) is 11.0 Å². The molecule has 0 radical (unpaired) electrons. The molecule has 5 heteroatoms. The second-order valence-corrected chi connectivity index (χ2v) is 9.74. The topological polar surface area (TPSA) is 54.5 Å². The zero-order valence-corrected chi connectivity index (χ0v) is 17.1. The molecule has 0 bridgehead atoms. The van der Waals surface area contributed by atoms with Crippen molar-refractivity contribution >= 4 is 21.9 Å². The minimum Gasteiger partial charge on any atom is -0.295 e. The molecule has 4 nitrogen and oxygen atoms in total. The van der Waals surface area contributed by atoms with Gasteiger partial charge >= 0.3 is 0 Å². The van der Waals surface area contributed by atoms with E-state index in [0.717, 1.165) is 17.6 Å². The SMILES string of the molecule is O=C1C=C2CCN(S(=O)(=O)C=Cc3ccccc3)CC2(Cc2ccccc2)CC1. The minimum absolute atomic E-state index is 0.156. The zero-order valence-electron chi connectivity index (χ0n) is 16.3. The molecule has 1 aliphatic carbocycles. The Labute approximate surface area is 172 Å². The highest BCUT2D eigenvalue weighted by molar-refractivity contribution is 7.92. The average molecular weight is 408 g/mol. The first-order valence-electron chi connectivity index (χ1n) is 9.98. The van der Waals surface area contributed by atoms with Crippen molar-refractivity contribution in [2.75, 3.05) is 13.1 Å². The van der Waals surface area contributed by atoms with Gasteiger partial charge in [0.15, 0.2) is 5.78 Å². The van der Waals surface area contributed by atoms with Crippen molar-refractivity contribution in [1.29, 1.82) is 0 Å². The highest BCUT2D eigenvalue weighted by Gasteiger charge is 2.44. The van der Waals surface area contributed by atoms with Crippen LogP contribution in [-0.4, -0.2) is 31.6 Å². The van der Waals surface area contributed by atoms with E-state index in [1.54, 1.807) is 16.5 Å². The molecule has 1 aliphatic heterocycles. The molecule has 1 atom stereocenters. The summed E-state index contributed by atoms with van der Waals surface area (Å²) in [6.45, 7) is 0.833. The van der Waals surface area contributed by atoms with Gasteiger partial charge in [-0.15, -0.1) is 0 Å². The van der Waals surface area contributed by atoms with Crippen molar-refractivity contribution < 1.29 is 13.2 Å². The number of carbonyl (C=O) groups excluding carboxylic acids is 1. The maximum atomic E-state index is 13.0. The number of nitrogens with zero attached hydrogens (tertiary/aromatic N) is 1. The molecule has 0 N–H and O–H groups in total. The van der Waals surface area contributed by atoms with Crippen LogP contribution in [0.2, 0.25) is 0 Å². The van der Waals surface area contributed by atoms with Gasteiger partial charge in [0, 0.05) is 30.3 Å². The molecule has 2 aromatic rings. The smallest absolute Gasteiger partial charge is 0.236 e. The fourth-order valence-corrected chi connectivity index (χ4v) is 5.67. The van der Waals surface area contributed by atoms with Crippen LogP contribution in [0.1, 0.15) is 30.4 Å². The second kappa shape index (κ2) is 8.09. The lowest BCUT2D eigenvalue weighted by Crippen LogP contribution is -2.49. The van der Waals surface area contributed by atoms with Crippen molar-refractivity contribution in [2.24, 2.45) is 5.41 Å². The largest absolute Gasteiger partial charge is 0.295 e. The molecule has 4 rings (SSSR count). The minimum atomic E-state index is -3.54. The van der Waals surface area contributed by atoms with Crippen LogP contribution in [0, 0.1) is 5.41 Å². The molecule has 1 fully saturated rings. The molecular formula is C24H25NO3S. The molecule has 29 heavy (non-hydrogen) atoms. The van der Waals surface area contributed by atoms with Crippen molar-refractivity contribution in [3.63, 3.8) is 0 Å². The number of benzene rings is 2. The first-order chi connectivity index (χ1) is 14.0. The highest BCUT2D eigenvalue weighted by atomic mass is 32.2. The van der Waals surface area contributed by atoms with Crippen molar-refractivity contribution in [1.82, 2.24) is 4.31 Å². The normalized spacial score (nSPS) is 23.0. The molecule has 0 saturated carbocycles. The second-order valence-electron chi connectivity index (χ2n) is 7.92. The molecule has 0 aromatic heterocycles. The Morgan fingerprint density at radius 2 is 1.66 bits per heavy atom. The molecule has 0 spiro atoms. The standard InChI is InChI=1S/C24H25NO3S/c26-23-11-14-24(18-21-9-5-2-6-10-21)19-25(15-12-22(24)17-23)29(27,28)16-13-20-7-3-1-4-8-20/h1-10,13,16-17H,11-12,14-15,18-19H2. The zero-order chi connectivity index (χ0) is 20.3. The monoisotopic (exact) mass is 407 g/mol. The van der Waals surface area contributed by atoms with Crippen LogP contribution in [0.3, 0.4) is 0 Å². The van der Waals surface area contributed by atoms with Crippen LogP contribution in [0.4, 0.5) is 0 Å². The summed E-state index contributed by atoms with van der Waals surface area (Å²) in [5, 5.41) is 1.31. The summed E-state index contributed by atoms with van der Waals surface area (Å²) in [5.41, 5.74) is 2.83. The summed E-state index contributed by atoms with van der Waals surface area (Å²) in [7, 11) is -3.54. The summed E-state index contributed by atoms with van der Waals surface area (Å²) in [5.74, 6) is 0.156. The Morgan fingerprint density at radius 3 is 2.38 bits per heavy atom. The predicted molar refractivity (Wildman–Crippen MR) is 115 cm³/mol. The van der Waals surface area contributed by atoms with Gasteiger partial charge in [0.1, 0.15) is 0 Å². The molecule has 1 heterocycles. The fourth-order valence-electron chi connectivity index (χ4n) is 4.40. The average Bonchev–Trinajstić information content (AvgIpc) is 2.74. The Bertz CT molecular complexity index is 1040. The molecule has 2 aliphatic rings. The van der Waals surface area contributed by atoms with Crippen LogP contribution < -0.4 is 0 Å². The first kappa shape index (κ1) is 19.8. The lowest BCUT2D eigenvalue weighted by Gasteiger charge is -2.46. The van der Waals surface area contributed by atoms with Gasteiger partial charge in [-0.05, 0) is 42.5 Å². The third-order valence-corrected chi connectivity index (χ3v) is 7.46. The van der Waals surface area contributed by atoms with Gasteiger partial charge in [-0.2, -0.15) is 4.31 Å². The van der Waals surface area contributed by atoms with E-state index < -0.39 is 10.0 Å². The number of piperidine rings is 1. The van der Waals surface area contributed by atoms with Crippen molar-refractivity contribution in [2.45, 2.75) is 25.7 Å². The molecule has 2 aromatic carbocycles. The maximum Gasteiger partial charge on any atom is 0.236 e. The van der Waals surface area contributed by atoms with Gasteiger partial charge in [0.05, 0.1) is 0 Å². The summed E-state index contributed by atoms with van der Waals surface area (Å²) in [4.78, 5) is 12.0. The third kappa shape index (κ3) is 4.41. The number of allylic oxidation sites excluding steroid dienone is 1. The highest BCUT2D eigenvalue weighted by Crippen LogP contribution is 2.45. The molecule has 1 saturated heterocycles. The van der Waals surface area contributed by atoms with Crippen molar-refractivity contribution in [3.05, 3.63) is 88.8 Å². The molecule has 150 valence electrons. The van der Waals surface area contributed by atoms with Gasteiger partial charge in [-0.1, -0.05) is 66.2 Å². The molecule has 1 unspecified atom stereocenters. The van der Waals surface area contributed by atoms with E-state index in [-0.39, 0.29) is 11.2 Å². The van der Waals surface area contributed by atoms with Crippen molar-refractivity contribution in [3.8, 4) is 0 Å². The van der Waals surface area contributed by atoms with E-state index >= 15 is 0 Å². The fraction of sp³-hybridized carbons (Fsp3) is 0.292. The number of carbonyl (C=O) groups is 1. The summed E-state index contributed by atoms with van der Waals surface area (Å²) in [6, 6.07) is 19.6. The van der Waals surface area contributed by atoms with E-state index in [0.29, 0.717) is 32.4 Å². The maximum absolute atomic E-state index is 13.0. The quantitative estimate of drug-likeness (QED) is 0.746. The van der Waals surface area contributed by atoms with E-state index in [2.05, 4.69) is 12.1 Å². The van der Waals surface area contributed by atoms with Crippen LogP contribution in [0.15, 0.2) is 77.7 Å². The van der Waals surface area contributed by atoms with Gasteiger partial charge in [0.25, 0.3) is 0 Å². The van der Waals surface area contributed by atoms with Gasteiger partial charge < -0.3 is 0 Å². The van der Waals surface area contributed by atoms with E-state index in [4.69, 9.17) is 0 Å². The Kier molecular flexibility index (Phi) is 5.52. The van der Waals surface area contributed by atoms with Crippen LogP contribution in [0.25, 0.3) is 6.08 Å². The molecular weight excluding hydrogens is 382 g/mol. The summed E-state index contributed by atoms with van der Waals surface area (Å²) in [6.07, 6.45) is 5.95. The van der Waals surface area contributed by atoms with E-state index in [1.807, 2.05) is 48.5 Å². The van der Waals surface area contributed by atoms with Crippen LogP contribution >= 0.6 is 0 Å². The number of rotatable bonds is 5. The molecule has 0 amide bonds. The van der Waals surface area contributed by atoms with Gasteiger partial charge in [-0.25, -0.2) is 8.42 Å². The Morgan fingerprint density at radius 1 is 0.966 bits per heavy atom. The predicted octanol–water partition coefficient (Wildman–Crippen LogP) is 4.21. The third-order valence-electron chi connectivity index (χ3n) is 5.95. The lowest BCUT2D eigenvalue weighted by molar-refractivity contribution is -0.116. The Hall–Kier alpha value is -2.50. The summed E-state index contributed by atoms with van der Waals surface area (Å²) < 4.78 is 27.7. The Balaban J connectivity index is 1.62. The number of hydrogen-bond donors (Lipinski definition) is 0. The number of ketones is 1. The van der Waals surface area contributed by atoms with Crippen LogP contribution in [0.5, 0.6) is 0 Å².